The van der Waals surface area contributed by atoms with Gasteiger partial charge < -0.3 is 30.1 Å². The molecule has 1 aliphatic rings. The smallest absolute Gasteiger partial charge is 0.336 e. The van der Waals surface area contributed by atoms with E-state index in [4.69, 9.17) is 31.4 Å². The van der Waals surface area contributed by atoms with Gasteiger partial charge in [0.15, 0.2) is 35.9 Å². The number of aliphatic hydroxyl groups is 1. The molecule has 0 aromatic carbocycles. The molecule has 1 aliphatic heterocycles. The van der Waals surface area contributed by atoms with Crippen molar-refractivity contribution in [1.82, 2.24) is 4.90 Å². The Morgan fingerprint density at radius 2 is 1.94 bits per heavy atom. The number of esters is 1. The van der Waals surface area contributed by atoms with Gasteiger partial charge in [0.1, 0.15) is 0 Å². The molecule has 2 atom stereocenters. The number of pyridine rings is 1. The summed E-state index contributed by atoms with van der Waals surface area (Å²) in [5, 5.41) is 43.0. The van der Waals surface area contributed by atoms with E-state index in [2.05, 4.69) is 5.16 Å². The molecule has 13 heteroatoms. The summed E-state index contributed by atoms with van der Waals surface area (Å²) in [5.41, 5.74) is -2.50. The molecule has 0 spiro atoms. The first-order valence-electron chi connectivity index (χ1n) is 10.2. The number of aromatic nitrogens is 1. The number of hydrogen-bond donors (Lipinski definition) is 3. The lowest BCUT2D eigenvalue weighted by atomic mass is 9.96. The first-order chi connectivity index (χ1) is 15.6. The molecule has 0 bridgehead atoms. The highest BCUT2D eigenvalue weighted by Crippen LogP contribution is 2.18. The minimum atomic E-state index is -2.80. The molecule has 0 radical (unpaired) electrons. The number of rotatable bonds is 12. The zero-order chi connectivity index (χ0) is 24.4. The third-order valence-electron chi connectivity index (χ3n) is 4.91. The van der Waals surface area contributed by atoms with Crippen molar-refractivity contribution in [3.05, 3.63) is 35.3 Å². The van der Waals surface area contributed by atoms with Crippen molar-refractivity contribution >= 4 is 34.7 Å². The highest BCUT2D eigenvalue weighted by atomic mass is 35.5. The lowest BCUT2D eigenvalue weighted by Crippen LogP contribution is -2.45. The van der Waals surface area contributed by atoms with E-state index >= 15 is 0 Å². The molecule has 2 heterocycles. The van der Waals surface area contributed by atoms with Crippen molar-refractivity contribution < 1.29 is 44.0 Å². The topological polar surface area (TPSA) is 173 Å². The van der Waals surface area contributed by atoms with Gasteiger partial charge in [0.25, 0.3) is 0 Å². The number of piperidine rings is 1. The van der Waals surface area contributed by atoms with E-state index in [0.717, 1.165) is 32.4 Å². The van der Waals surface area contributed by atoms with Crippen LogP contribution in [0.15, 0.2) is 29.7 Å². The van der Waals surface area contributed by atoms with Gasteiger partial charge in [-0.15, -0.1) is 0 Å². The molecule has 1 aromatic rings. The Hall–Kier alpha value is -2.96. The number of ether oxygens (including phenoxy) is 1. The van der Waals surface area contributed by atoms with Gasteiger partial charge in [-0.25, -0.2) is 4.79 Å². The van der Waals surface area contributed by atoms with E-state index in [-0.39, 0.29) is 18.3 Å². The number of halogens is 1. The molecule has 1 fully saturated rings. The molecule has 0 amide bonds. The van der Waals surface area contributed by atoms with E-state index < -0.39 is 42.5 Å². The summed E-state index contributed by atoms with van der Waals surface area (Å²) in [5.74, 6) is -4.52. The molecule has 1 saturated heterocycles. The second-order valence-electron chi connectivity index (χ2n) is 7.69. The van der Waals surface area contributed by atoms with E-state index in [1.165, 1.54) is 18.5 Å². The van der Waals surface area contributed by atoms with Gasteiger partial charge in [0, 0.05) is 12.6 Å². The number of carbonyl (C=O) groups excluding carboxylic acids is 1. The lowest BCUT2D eigenvalue weighted by Gasteiger charge is -2.30. The normalized spacial score (nSPS) is 17.6. The summed E-state index contributed by atoms with van der Waals surface area (Å²) in [6, 6.07) is 3.02. The van der Waals surface area contributed by atoms with Gasteiger partial charge in [-0.3, -0.25) is 14.5 Å². The fourth-order valence-electron chi connectivity index (χ4n) is 3.29. The van der Waals surface area contributed by atoms with Gasteiger partial charge in [0.05, 0.1) is 18.4 Å². The quantitative estimate of drug-likeness (QED) is 0.122. The molecule has 12 nitrogen and oxygen atoms in total. The molecule has 3 N–H and O–H groups in total. The van der Waals surface area contributed by atoms with Crippen LogP contribution in [-0.4, -0.2) is 81.2 Å². The molecule has 0 aliphatic carbocycles. The molecule has 2 rings (SSSR count). The van der Waals surface area contributed by atoms with Gasteiger partial charge in [-0.05, 0) is 32.0 Å². The Balaban J connectivity index is 2.04. The molecule has 182 valence electrons. The van der Waals surface area contributed by atoms with Crippen LogP contribution in [0, 0.1) is 5.21 Å². The summed E-state index contributed by atoms with van der Waals surface area (Å²) < 4.78 is 5.84. The van der Waals surface area contributed by atoms with Crippen LogP contribution in [0.25, 0.3) is 0 Å². The maximum absolute atomic E-state index is 12.3. The number of likely N-dealkylation sites (tertiary alicyclic amines) is 1. The number of carbonyl (C=O) groups is 3. The number of carboxylic acids is 2. The molecular weight excluding hydrogens is 462 g/mol. The predicted molar refractivity (Wildman–Crippen MR) is 113 cm³/mol. The Kier molecular flexibility index (Phi) is 9.82. The van der Waals surface area contributed by atoms with Crippen LogP contribution >= 0.6 is 11.6 Å². The Bertz CT molecular complexity index is 876. The van der Waals surface area contributed by atoms with Crippen LogP contribution < -0.4 is 4.73 Å². The van der Waals surface area contributed by atoms with Crippen LogP contribution in [-0.2, 0) is 24.0 Å². The highest BCUT2D eigenvalue weighted by molar-refractivity contribution is 6.69. The first kappa shape index (κ1) is 26.3. The third kappa shape index (κ3) is 8.83. The van der Waals surface area contributed by atoms with Crippen molar-refractivity contribution in [1.29, 1.82) is 0 Å². The van der Waals surface area contributed by atoms with Crippen molar-refractivity contribution in [2.75, 3.05) is 26.2 Å². The highest BCUT2D eigenvalue weighted by Gasteiger charge is 2.42. The Morgan fingerprint density at radius 3 is 2.55 bits per heavy atom. The van der Waals surface area contributed by atoms with Crippen LogP contribution in [0.1, 0.15) is 37.7 Å². The zero-order valence-electron chi connectivity index (χ0n) is 17.8. The number of carboxylic acid groups (broad SMARTS) is 2. The largest absolute Gasteiger partial charge is 0.619 e. The van der Waals surface area contributed by atoms with Crippen molar-refractivity contribution in [2.45, 2.75) is 43.8 Å². The van der Waals surface area contributed by atoms with E-state index in [0.29, 0.717) is 10.3 Å². The zero-order valence-corrected chi connectivity index (χ0v) is 18.5. The fraction of sp³-hybridized carbons (Fsp3) is 0.550. The minimum absolute atomic E-state index is 0.107. The van der Waals surface area contributed by atoms with Crippen molar-refractivity contribution in [2.24, 2.45) is 5.16 Å². The summed E-state index contributed by atoms with van der Waals surface area (Å²) in [6.07, 6.45) is 2.35. The number of oxime groups is 1. The minimum Gasteiger partial charge on any atom is -0.619 e. The van der Waals surface area contributed by atoms with E-state index in [1.54, 1.807) is 6.07 Å². The molecule has 0 saturated carbocycles. The maximum atomic E-state index is 12.3. The SMILES string of the molecule is O=C(O)C[C@@](O)(CC(=O)O[C@@H](CON=C(Cl)c1ccc[n+]([O-])c1)CN1CCCCC1)C(=O)O. The number of nitrogens with zero attached hydrogens (tertiary/aromatic N) is 3. The van der Waals surface area contributed by atoms with Gasteiger partial charge in [-0.2, -0.15) is 4.73 Å². The summed E-state index contributed by atoms with van der Waals surface area (Å²) in [7, 11) is 0. The second-order valence-corrected chi connectivity index (χ2v) is 8.05. The number of aliphatic carboxylic acids is 2. The van der Waals surface area contributed by atoms with Gasteiger partial charge in [-0.1, -0.05) is 23.2 Å². The molecule has 1 aromatic heterocycles. The van der Waals surface area contributed by atoms with Gasteiger partial charge >= 0.3 is 17.9 Å². The number of hydrogen-bond acceptors (Lipinski definition) is 9. The molecule has 0 unspecified atom stereocenters. The lowest BCUT2D eigenvalue weighted by molar-refractivity contribution is -0.605. The maximum Gasteiger partial charge on any atom is 0.336 e. The van der Waals surface area contributed by atoms with Crippen LogP contribution in [0.2, 0.25) is 0 Å². The molecule has 33 heavy (non-hydrogen) atoms. The predicted octanol–water partition coefficient (Wildman–Crippen LogP) is 0.315. The van der Waals surface area contributed by atoms with E-state index in [9.17, 15) is 24.7 Å². The summed E-state index contributed by atoms with van der Waals surface area (Å²) in [4.78, 5) is 41.7. The van der Waals surface area contributed by atoms with E-state index in [1.807, 2.05) is 4.90 Å². The standard InChI is InChI=1S/C20H26ClN3O9/c21-18(14-5-4-8-24(31)11-14)22-32-13-15(12-23-6-2-1-3-7-23)33-17(27)10-20(30,19(28)29)9-16(25)26/h4-5,8,11,15,30H,1-3,6-7,9-10,12-13H2,(H,25,26)(H,28,29)/t15-,20-/m1/s1. The van der Waals surface area contributed by atoms with Crippen LogP contribution in [0.3, 0.4) is 0 Å². The Labute approximate surface area is 194 Å². The average Bonchev–Trinajstić information content (AvgIpc) is 2.73. The second kappa shape index (κ2) is 12.3. The molecular formula is C20H26ClN3O9. The van der Waals surface area contributed by atoms with Crippen molar-refractivity contribution in [3.8, 4) is 0 Å². The summed E-state index contributed by atoms with van der Waals surface area (Å²) in [6.45, 7) is 1.55. The van der Waals surface area contributed by atoms with Crippen molar-refractivity contribution in [3.63, 3.8) is 0 Å². The fourth-order valence-corrected chi connectivity index (χ4v) is 3.45. The third-order valence-corrected chi connectivity index (χ3v) is 5.19. The average molecular weight is 488 g/mol. The summed E-state index contributed by atoms with van der Waals surface area (Å²) >= 11 is 6.03. The van der Waals surface area contributed by atoms with Gasteiger partial charge in [0.2, 0.25) is 0 Å². The van der Waals surface area contributed by atoms with Crippen LogP contribution in [0.4, 0.5) is 0 Å². The Morgan fingerprint density at radius 1 is 1.24 bits per heavy atom. The monoisotopic (exact) mass is 487 g/mol. The first-order valence-corrected chi connectivity index (χ1v) is 10.6. The van der Waals surface area contributed by atoms with Crippen LogP contribution in [0.5, 0.6) is 0 Å².